The number of hydrogen-bond acceptors (Lipinski definition) is 8. The molecule has 0 atom stereocenters. The number of esters is 1. The summed E-state index contributed by atoms with van der Waals surface area (Å²) >= 11 is 8.78. The molecule has 0 radical (unpaired) electrons. The van der Waals surface area contributed by atoms with Gasteiger partial charge < -0.3 is 19.4 Å². The van der Waals surface area contributed by atoms with Gasteiger partial charge in [0.2, 0.25) is 5.91 Å². The van der Waals surface area contributed by atoms with Crippen LogP contribution in [-0.4, -0.2) is 45.6 Å². The van der Waals surface area contributed by atoms with E-state index in [0.717, 1.165) is 53.3 Å². The molecule has 0 bridgehead atoms. The molecule has 0 unspecified atom stereocenters. The van der Waals surface area contributed by atoms with E-state index < -0.39 is 0 Å². The van der Waals surface area contributed by atoms with Crippen molar-refractivity contribution in [1.82, 2.24) is 14.8 Å². The second-order valence-corrected chi connectivity index (χ2v) is 10.9. The van der Waals surface area contributed by atoms with Gasteiger partial charge in [0.15, 0.2) is 5.16 Å². The van der Waals surface area contributed by atoms with Crippen LogP contribution in [0.25, 0.3) is 0 Å². The van der Waals surface area contributed by atoms with Gasteiger partial charge in [0, 0.05) is 23.4 Å². The number of thiophene rings is 1. The quantitative estimate of drug-likeness (QED) is 0.199. The van der Waals surface area contributed by atoms with Crippen molar-refractivity contribution >= 4 is 51.6 Å². The van der Waals surface area contributed by atoms with Crippen molar-refractivity contribution in [3.63, 3.8) is 0 Å². The van der Waals surface area contributed by atoms with Gasteiger partial charge in [-0.1, -0.05) is 23.4 Å². The molecule has 11 heteroatoms. The first-order valence-corrected chi connectivity index (χ1v) is 14.1. The highest BCUT2D eigenvalue weighted by molar-refractivity contribution is 7.99. The number of thioether (sulfide) groups is 1. The average molecular weight is 549 g/mol. The fourth-order valence-electron chi connectivity index (χ4n) is 4.08. The van der Waals surface area contributed by atoms with Crippen molar-refractivity contribution in [1.29, 1.82) is 0 Å². The van der Waals surface area contributed by atoms with Gasteiger partial charge in [-0.15, -0.1) is 21.5 Å². The normalized spacial score (nSPS) is 12.4. The standard InChI is InChI=1S/C25H29ClN4O4S2/c1-4-33-24(32)22-17-7-5-8-19(17)36-23(22)27-21(31)14-35-25-29-28-20(30(25)3)9-6-12-34-18-11-10-16(26)13-15(18)2/h10-11,13H,4-9,12,14H2,1-3H3,(H,27,31). The average Bonchev–Trinajstić information content (AvgIpc) is 3.51. The number of aromatic nitrogens is 3. The van der Waals surface area contributed by atoms with Gasteiger partial charge in [0.25, 0.3) is 0 Å². The highest BCUT2D eigenvalue weighted by atomic mass is 35.5. The topological polar surface area (TPSA) is 95.3 Å². The number of hydrogen-bond donors (Lipinski definition) is 1. The summed E-state index contributed by atoms with van der Waals surface area (Å²) in [6, 6.07) is 5.57. The Morgan fingerprint density at radius 3 is 2.89 bits per heavy atom. The third-order valence-corrected chi connectivity index (χ3v) is 8.31. The van der Waals surface area contributed by atoms with Crippen LogP contribution in [0.3, 0.4) is 0 Å². The van der Waals surface area contributed by atoms with Gasteiger partial charge in [-0.05, 0) is 68.9 Å². The molecule has 2 aromatic heterocycles. The number of carbonyl (C=O) groups is 2. The van der Waals surface area contributed by atoms with Gasteiger partial charge in [0.05, 0.1) is 24.5 Å². The molecule has 2 heterocycles. The fourth-order valence-corrected chi connectivity index (χ4v) is 6.33. The zero-order chi connectivity index (χ0) is 25.7. The lowest BCUT2D eigenvalue weighted by Gasteiger charge is -2.09. The van der Waals surface area contributed by atoms with E-state index in [4.69, 9.17) is 21.1 Å². The summed E-state index contributed by atoms with van der Waals surface area (Å²) in [6.45, 7) is 4.59. The lowest BCUT2D eigenvalue weighted by Crippen LogP contribution is -2.17. The molecule has 8 nitrogen and oxygen atoms in total. The molecule has 1 amide bonds. The van der Waals surface area contributed by atoms with Crippen LogP contribution < -0.4 is 10.1 Å². The van der Waals surface area contributed by atoms with E-state index >= 15 is 0 Å². The summed E-state index contributed by atoms with van der Waals surface area (Å²) in [7, 11) is 1.89. The maximum Gasteiger partial charge on any atom is 0.341 e. The number of fused-ring (bicyclic) bond motifs is 1. The van der Waals surface area contributed by atoms with Gasteiger partial charge in [-0.3, -0.25) is 4.79 Å². The minimum absolute atomic E-state index is 0.162. The minimum atomic E-state index is -0.368. The second kappa shape index (κ2) is 12.1. The Morgan fingerprint density at radius 2 is 2.11 bits per heavy atom. The molecule has 1 N–H and O–H groups in total. The predicted molar refractivity (Wildman–Crippen MR) is 143 cm³/mol. The van der Waals surface area contributed by atoms with Crippen LogP contribution in [0.5, 0.6) is 5.75 Å². The molecule has 0 saturated heterocycles. The first kappa shape index (κ1) is 26.5. The van der Waals surface area contributed by atoms with Crippen LogP contribution in [0.15, 0.2) is 23.4 Å². The molecule has 1 aliphatic carbocycles. The molecule has 0 spiro atoms. The zero-order valence-corrected chi connectivity index (χ0v) is 22.9. The first-order valence-electron chi connectivity index (χ1n) is 11.9. The van der Waals surface area contributed by atoms with Crippen molar-refractivity contribution in [2.75, 3.05) is 24.3 Å². The Balaban J connectivity index is 1.28. The number of aryl methyl sites for hydroxylation is 3. The van der Waals surface area contributed by atoms with Crippen LogP contribution in [0.4, 0.5) is 5.00 Å². The van der Waals surface area contributed by atoms with E-state index in [1.165, 1.54) is 23.1 Å². The van der Waals surface area contributed by atoms with Gasteiger partial charge in [0.1, 0.15) is 16.6 Å². The fraction of sp³-hybridized carbons (Fsp3) is 0.440. The van der Waals surface area contributed by atoms with Crippen LogP contribution in [0.1, 0.15) is 52.0 Å². The van der Waals surface area contributed by atoms with Crippen molar-refractivity contribution in [2.24, 2.45) is 7.05 Å². The number of ether oxygens (including phenoxy) is 2. The third-order valence-electron chi connectivity index (χ3n) is 5.85. The van der Waals surface area contributed by atoms with Crippen LogP contribution in [0, 0.1) is 6.92 Å². The maximum absolute atomic E-state index is 12.7. The Labute approximate surface area is 223 Å². The van der Waals surface area contributed by atoms with Crippen molar-refractivity contribution in [2.45, 2.75) is 51.1 Å². The third kappa shape index (κ3) is 6.22. The van der Waals surface area contributed by atoms with Crippen molar-refractivity contribution in [3.8, 4) is 5.75 Å². The number of carbonyl (C=O) groups excluding carboxylic acids is 2. The summed E-state index contributed by atoms with van der Waals surface area (Å²) in [5.41, 5.74) is 2.54. The number of nitrogens with one attached hydrogen (secondary N) is 1. The highest BCUT2D eigenvalue weighted by Crippen LogP contribution is 2.39. The van der Waals surface area contributed by atoms with Crippen LogP contribution in [0.2, 0.25) is 5.02 Å². The van der Waals surface area contributed by atoms with E-state index in [0.29, 0.717) is 40.4 Å². The van der Waals surface area contributed by atoms with Gasteiger partial charge >= 0.3 is 5.97 Å². The van der Waals surface area contributed by atoms with Crippen molar-refractivity contribution in [3.05, 3.63) is 50.6 Å². The number of amides is 1. The van der Waals surface area contributed by atoms with Crippen LogP contribution in [-0.2, 0) is 35.8 Å². The minimum Gasteiger partial charge on any atom is -0.493 e. The molecule has 1 aliphatic rings. The summed E-state index contributed by atoms with van der Waals surface area (Å²) in [5.74, 6) is 1.25. The number of nitrogens with zero attached hydrogens (tertiary/aromatic N) is 3. The summed E-state index contributed by atoms with van der Waals surface area (Å²) in [6.07, 6.45) is 4.28. The van der Waals surface area contributed by atoms with Gasteiger partial charge in [-0.2, -0.15) is 0 Å². The SMILES string of the molecule is CCOC(=O)c1c(NC(=O)CSc2nnc(CCCOc3ccc(Cl)cc3C)n2C)sc2c1CCC2. The lowest BCUT2D eigenvalue weighted by atomic mass is 10.1. The van der Waals surface area contributed by atoms with E-state index in [9.17, 15) is 9.59 Å². The van der Waals surface area contributed by atoms with E-state index in [1.54, 1.807) is 6.92 Å². The second-order valence-electron chi connectivity index (χ2n) is 8.44. The number of rotatable bonds is 11. The van der Waals surface area contributed by atoms with Crippen LogP contribution >= 0.6 is 34.7 Å². The first-order chi connectivity index (χ1) is 17.4. The molecule has 0 fully saturated rings. The Kier molecular flexibility index (Phi) is 8.92. The molecule has 0 aliphatic heterocycles. The largest absolute Gasteiger partial charge is 0.493 e. The smallest absolute Gasteiger partial charge is 0.341 e. The number of halogens is 1. The van der Waals surface area contributed by atoms with Gasteiger partial charge in [-0.25, -0.2) is 4.79 Å². The molecule has 36 heavy (non-hydrogen) atoms. The molecular weight excluding hydrogens is 520 g/mol. The Morgan fingerprint density at radius 1 is 1.28 bits per heavy atom. The predicted octanol–water partition coefficient (Wildman–Crippen LogP) is 5.25. The Bertz CT molecular complexity index is 1260. The lowest BCUT2D eigenvalue weighted by molar-refractivity contribution is -0.113. The summed E-state index contributed by atoms with van der Waals surface area (Å²) in [5, 5.41) is 13.4. The summed E-state index contributed by atoms with van der Waals surface area (Å²) < 4.78 is 13.0. The molecule has 3 aromatic rings. The zero-order valence-electron chi connectivity index (χ0n) is 20.6. The van der Waals surface area contributed by atoms with Crippen molar-refractivity contribution < 1.29 is 19.1 Å². The molecule has 4 rings (SSSR count). The van der Waals surface area contributed by atoms with E-state index in [2.05, 4.69) is 15.5 Å². The number of anilines is 1. The molecule has 192 valence electrons. The van der Waals surface area contributed by atoms with E-state index in [1.807, 2.05) is 36.7 Å². The molecule has 0 saturated carbocycles. The highest BCUT2D eigenvalue weighted by Gasteiger charge is 2.28. The molecular formula is C25H29ClN4O4S2. The van der Waals surface area contributed by atoms with E-state index in [-0.39, 0.29) is 17.6 Å². The Hall–Kier alpha value is -2.56. The monoisotopic (exact) mass is 548 g/mol. The summed E-state index contributed by atoms with van der Waals surface area (Å²) in [4.78, 5) is 26.4. The maximum atomic E-state index is 12.7. The molecule has 1 aromatic carbocycles. The number of benzene rings is 1.